The topological polar surface area (TPSA) is 130 Å². The van der Waals surface area contributed by atoms with Crippen LogP contribution in [-0.2, 0) is 50.9 Å². The van der Waals surface area contributed by atoms with Crippen molar-refractivity contribution in [3.63, 3.8) is 0 Å². The number of ether oxygens (including phenoxy) is 6. The van der Waals surface area contributed by atoms with Gasteiger partial charge in [-0.2, -0.15) is 0 Å². The van der Waals surface area contributed by atoms with Crippen molar-refractivity contribution in [1.82, 2.24) is 9.80 Å². The number of halogens is 2. The lowest BCUT2D eigenvalue weighted by Crippen LogP contribution is -2.58. The van der Waals surface area contributed by atoms with Gasteiger partial charge < -0.3 is 28.4 Å². The van der Waals surface area contributed by atoms with E-state index in [9.17, 15) is 19.2 Å². The molecule has 2 amide bonds. The van der Waals surface area contributed by atoms with Gasteiger partial charge in [-0.05, 0) is 104 Å². The minimum Gasteiger partial charge on any atom is -0.464 e. The van der Waals surface area contributed by atoms with E-state index in [0.29, 0.717) is 22.9 Å². The van der Waals surface area contributed by atoms with Crippen LogP contribution in [0.15, 0.2) is 48.5 Å². The van der Waals surface area contributed by atoms with Crippen LogP contribution in [0.25, 0.3) is 0 Å². The first-order valence-corrected chi connectivity index (χ1v) is 17.7. The van der Waals surface area contributed by atoms with Crippen molar-refractivity contribution in [2.45, 2.75) is 103 Å². The van der Waals surface area contributed by atoms with E-state index in [1.807, 2.05) is 0 Å². The number of hydrogen-bond donors (Lipinski definition) is 0. The smallest absolute Gasteiger partial charge is 0.413 e. The monoisotopic (exact) mass is 768 g/mol. The van der Waals surface area contributed by atoms with Gasteiger partial charge in [0, 0.05) is 37.1 Å². The molecule has 52 heavy (non-hydrogen) atoms. The molecule has 2 rings (SSSR count). The van der Waals surface area contributed by atoms with Gasteiger partial charge in [-0.25, -0.2) is 19.2 Å². The maximum Gasteiger partial charge on any atom is 0.413 e. The minimum atomic E-state index is -1.52. The molecule has 0 saturated carbocycles. The van der Waals surface area contributed by atoms with Crippen molar-refractivity contribution < 1.29 is 47.6 Å². The number of rotatable bonds is 17. The summed E-state index contributed by atoms with van der Waals surface area (Å²) in [6.07, 6.45) is -0.658. The molecule has 0 heterocycles. The van der Waals surface area contributed by atoms with Gasteiger partial charge in [0.1, 0.15) is 35.7 Å². The predicted molar refractivity (Wildman–Crippen MR) is 198 cm³/mol. The van der Waals surface area contributed by atoms with Crippen molar-refractivity contribution in [2.75, 3.05) is 40.9 Å². The third kappa shape index (κ3) is 13.8. The second kappa shape index (κ2) is 19.5. The fourth-order valence-corrected chi connectivity index (χ4v) is 5.34. The zero-order valence-corrected chi connectivity index (χ0v) is 33.5. The number of benzene rings is 2. The molecule has 0 aliphatic heterocycles. The average molecular weight is 770 g/mol. The van der Waals surface area contributed by atoms with Crippen LogP contribution < -0.4 is 0 Å². The summed E-state index contributed by atoms with van der Waals surface area (Å²) in [4.78, 5) is 56.6. The zero-order chi connectivity index (χ0) is 39.3. The number of carbonyl (C=O) groups excluding carboxylic acids is 4. The number of hydrogen-bond acceptors (Lipinski definition) is 10. The molecule has 0 bridgehead atoms. The lowest BCUT2D eigenvalue weighted by Gasteiger charge is -2.39. The summed E-state index contributed by atoms with van der Waals surface area (Å²) in [6.45, 7) is 13.0. The Kier molecular flexibility index (Phi) is 16.7. The predicted octanol–water partition coefficient (Wildman–Crippen LogP) is 7.84. The first-order chi connectivity index (χ1) is 24.1. The second-order valence-corrected chi connectivity index (χ2v) is 15.7. The quantitative estimate of drug-likeness (QED) is 0.0679. The largest absolute Gasteiger partial charge is 0.464 e. The lowest BCUT2D eigenvalue weighted by molar-refractivity contribution is -0.162. The molecule has 290 valence electrons. The first-order valence-electron chi connectivity index (χ1n) is 17.0. The molecular formula is C38H54Cl2N2O10. The summed E-state index contributed by atoms with van der Waals surface area (Å²) in [7, 11) is 2.82. The van der Waals surface area contributed by atoms with Gasteiger partial charge in [-0.15, -0.1) is 0 Å². The van der Waals surface area contributed by atoms with Crippen LogP contribution in [0.4, 0.5) is 9.59 Å². The highest BCUT2D eigenvalue weighted by molar-refractivity contribution is 6.30. The SMILES string of the molecule is COCN(C(=O)OC(C)(C)C)[C@@](C)(Cc1ccc(Cl)cc1)C(=O)OCCCCOC(=O)[C@](C)(Cc1ccc(Cl)cc1)N(COC)C(=O)OC(C)(C)C. The van der Waals surface area contributed by atoms with Gasteiger partial charge in [-0.3, -0.25) is 9.80 Å². The Morgan fingerprint density at radius 2 is 0.865 bits per heavy atom. The van der Waals surface area contributed by atoms with E-state index in [-0.39, 0.29) is 39.5 Å². The van der Waals surface area contributed by atoms with Gasteiger partial charge in [0.15, 0.2) is 0 Å². The number of unbranched alkanes of at least 4 members (excludes halogenated alkanes) is 1. The summed E-state index contributed by atoms with van der Waals surface area (Å²) in [5, 5.41) is 1.05. The summed E-state index contributed by atoms with van der Waals surface area (Å²) >= 11 is 12.2. The molecule has 2 aromatic rings. The Balaban J connectivity index is 2.19. The van der Waals surface area contributed by atoms with Crippen LogP contribution in [0.1, 0.15) is 79.4 Å². The average Bonchev–Trinajstić information content (AvgIpc) is 3.04. The highest BCUT2D eigenvalue weighted by Gasteiger charge is 2.47. The molecule has 0 spiro atoms. The Hall–Kier alpha value is -3.58. The standard InChI is InChI=1S/C38H54Cl2N2O10/c1-35(2,3)51-33(45)41(25-47-9)37(7,23-27-13-17-29(39)18-14-27)31(43)49-21-11-12-22-50-32(44)38(8,24-28-15-19-30(40)20-16-28)42(26-48-10)34(46)52-36(4,5)6/h13-20H,11-12,21-26H2,1-10H3/t37-,38-/m0/s1. The maximum absolute atomic E-state index is 13.8. The van der Waals surface area contributed by atoms with E-state index in [4.69, 9.17) is 51.6 Å². The van der Waals surface area contributed by atoms with Gasteiger partial charge in [-0.1, -0.05) is 47.5 Å². The van der Waals surface area contributed by atoms with E-state index in [0.717, 1.165) is 11.1 Å². The molecule has 12 nitrogen and oxygen atoms in total. The van der Waals surface area contributed by atoms with Crippen LogP contribution in [0.5, 0.6) is 0 Å². The number of nitrogens with zero attached hydrogens (tertiary/aromatic N) is 2. The molecule has 0 N–H and O–H groups in total. The molecule has 14 heteroatoms. The Morgan fingerprint density at radius 3 is 1.13 bits per heavy atom. The van der Waals surface area contributed by atoms with Gasteiger partial charge in [0.2, 0.25) is 0 Å². The molecule has 0 aromatic heterocycles. The molecule has 2 aromatic carbocycles. The number of amides is 2. The molecule has 0 unspecified atom stereocenters. The maximum atomic E-state index is 13.8. The van der Waals surface area contributed by atoms with Crippen molar-refractivity contribution in [1.29, 1.82) is 0 Å². The highest BCUT2D eigenvalue weighted by Crippen LogP contribution is 2.28. The van der Waals surface area contributed by atoms with Gasteiger partial charge in [0.25, 0.3) is 0 Å². The molecule has 0 aliphatic rings. The Bertz CT molecular complexity index is 1360. The molecule has 2 atom stereocenters. The second-order valence-electron chi connectivity index (χ2n) is 14.8. The van der Waals surface area contributed by atoms with Crippen molar-refractivity contribution in [3.05, 3.63) is 69.7 Å². The van der Waals surface area contributed by atoms with E-state index >= 15 is 0 Å². The van der Waals surface area contributed by atoms with Crippen molar-refractivity contribution >= 4 is 47.3 Å². The number of esters is 2. The molecule has 0 radical (unpaired) electrons. The van der Waals surface area contributed by atoms with E-state index < -0.39 is 46.4 Å². The van der Waals surface area contributed by atoms with Crippen molar-refractivity contribution in [2.24, 2.45) is 0 Å². The van der Waals surface area contributed by atoms with E-state index in [1.54, 1.807) is 104 Å². The molecule has 0 fully saturated rings. The highest BCUT2D eigenvalue weighted by atomic mass is 35.5. The van der Waals surface area contributed by atoms with Crippen LogP contribution in [-0.4, -0.2) is 97.1 Å². The summed E-state index contributed by atoms with van der Waals surface area (Å²) < 4.78 is 33.3. The number of methoxy groups -OCH3 is 2. The third-order valence-corrected chi connectivity index (χ3v) is 8.25. The molecular weight excluding hydrogens is 715 g/mol. The molecule has 0 aliphatic carbocycles. The summed E-state index contributed by atoms with van der Waals surface area (Å²) in [5.41, 5.74) is -3.23. The zero-order valence-electron chi connectivity index (χ0n) is 32.0. The van der Waals surface area contributed by atoms with Crippen LogP contribution in [0, 0.1) is 0 Å². The van der Waals surface area contributed by atoms with Gasteiger partial charge in [0.05, 0.1) is 13.2 Å². The third-order valence-electron chi connectivity index (χ3n) is 7.74. The fourth-order valence-electron chi connectivity index (χ4n) is 5.09. The van der Waals surface area contributed by atoms with Crippen molar-refractivity contribution in [3.8, 4) is 0 Å². The first kappa shape index (κ1) is 44.6. The summed E-state index contributed by atoms with van der Waals surface area (Å²) in [5.74, 6) is -1.35. The van der Waals surface area contributed by atoms with E-state index in [2.05, 4.69) is 0 Å². The minimum absolute atomic E-state index is 0.0303. The Morgan fingerprint density at radius 1 is 0.558 bits per heavy atom. The lowest BCUT2D eigenvalue weighted by atomic mass is 9.91. The van der Waals surface area contributed by atoms with Gasteiger partial charge >= 0.3 is 24.1 Å². The number of carbonyl (C=O) groups is 4. The van der Waals surface area contributed by atoms with Crippen LogP contribution >= 0.6 is 23.2 Å². The fraction of sp³-hybridized carbons (Fsp3) is 0.579. The molecule has 0 saturated heterocycles. The Labute approximate surface area is 317 Å². The van der Waals surface area contributed by atoms with Crippen LogP contribution in [0.3, 0.4) is 0 Å². The van der Waals surface area contributed by atoms with E-state index in [1.165, 1.54) is 24.0 Å². The summed E-state index contributed by atoms with van der Waals surface area (Å²) in [6, 6.07) is 13.8. The normalized spacial score (nSPS) is 14.0. The van der Waals surface area contributed by atoms with Crippen LogP contribution in [0.2, 0.25) is 10.0 Å².